The second-order valence-electron chi connectivity index (χ2n) is 8.16. The van der Waals surface area contributed by atoms with Crippen LogP contribution in [0.3, 0.4) is 0 Å². The largest absolute Gasteiger partial charge is 0.376 e. The summed E-state index contributed by atoms with van der Waals surface area (Å²) in [4.78, 5) is 29.4. The molecule has 2 saturated heterocycles. The van der Waals surface area contributed by atoms with E-state index in [1.54, 1.807) is 23.1 Å². The average Bonchev–Trinajstić information content (AvgIpc) is 3.49. The molecule has 1 aromatic heterocycles. The number of benzene rings is 1. The molecule has 0 aliphatic carbocycles. The molecule has 2 amide bonds. The van der Waals surface area contributed by atoms with Crippen molar-refractivity contribution < 1.29 is 18.8 Å². The van der Waals surface area contributed by atoms with Gasteiger partial charge in [-0.25, -0.2) is 0 Å². The van der Waals surface area contributed by atoms with Crippen LogP contribution in [0.2, 0.25) is 5.02 Å². The van der Waals surface area contributed by atoms with E-state index < -0.39 is 0 Å². The fraction of sp³-hybridized carbons (Fsp3) is 0.522. The highest BCUT2D eigenvalue weighted by atomic mass is 35.5. The van der Waals surface area contributed by atoms with E-state index in [4.69, 9.17) is 20.9 Å². The van der Waals surface area contributed by atoms with E-state index >= 15 is 0 Å². The first-order chi connectivity index (χ1) is 15.1. The van der Waals surface area contributed by atoms with E-state index in [-0.39, 0.29) is 23.6 Å². The molecule has 7 nitrogen and oxygen atoms in total. The molecule has 2 fully saturated rings. The number of hydrogen-bond donors (Lipinski definition) is 0. The van der Waals surface area contributed by atoms with E-state index in [1.165, 1.54) is 6.42 Å². The van der Waals surface area contributed by atoms with Gasteiger partial charge < -0.3 is 19.1 Å². The van der Waals surface area contributed by atoms with Crippen molar-refractivity contribution in [1.29, 1.82) is 0 Å². The maximum atomic E-state index is 13.2. The van der Waals surface area contributed by atoms with Gasteiger partial charge in [0.1, 0.15) is 0 Å². The van der Waals surface area contributed by atoms with E-state index in [0.29, 0.717) is 36.9 Å². The van der Waals surface area contributed by atoms with Crippen LogP contribution in [0.1, 0.15) is 49.0 Å². The summed E-state index contributed by atoms with van der Waals surface area (Å²) in [5, 5.41) is 4.57. The molecule has 1 aromatic carbocycles. The van der Waals surface area contributed by atoms with Crippen LogP contribution in [0.15, 0.2) is 34.9 Å². The fourth-order valence-electron chi connectivity index (χ4n) is 4.16. The first-order valence-electron chi connectivity index (χ1n) is 11.0. The number of piperidine rings is 1. The molecule has 0 N–H and O–H groups in total. The number of hydrogen-bond acceptors (Lipinski definition) is 5. The number of rotatable bonds is 7. The molecule has 0 saturated carbocycles. The molecular weight excluding hydrogens is 418 g/mol. The quantitative estimate of drug-likeness (QED) is 0.643. The Balaban J connectivity index is 1.45. The van der Waals surface area contributed by atoms with Crippen LogP contribution < -0.4 is 0 Å². The highest BCUT2D eigenvalue weighted by Crippen LogP contribution is 2.24. The van der Waals surface area contributed by atoms with Crippen molar-refractivity contribution in [2.24, 2.45) is 0 Å². The van der Waals surface area contributed by atoms with Gasteiger partial charge in [-0.2, -0.15) is 0 Å². The number of amides is 2. The van der Waals surface area contributed by atoms with Gasteiger partial charge in [-0.3, -0.25) is 9.59 Å². The Morgan fingerprint density at radius 2 is 2.00 bits per heavy atom. The number of ether oxygens (including phenoxy) is 1. The SMILES string of the molecule is O=C(CCN(C[C@@H]1CCCO1)C(=O)c1cc(-c2cccc(Cl)c2)on1)N1CCCCC1. The zero-order chi connectivity index (χ0) is 21.6. The molecule has 0 unspecified atom stereocenters. The average molecular weight is 446 g/mol. The van der Waals surface area contributed by atoms with Gasteiger partial charge in [-0.05, 0) is 44.2 Å². The van der Waals surface area contributed by atoms with Crippen LogP contribution in [-0.4, -0.2) is 65.7 Å². The lowest BCUT2D eigenvalue weighted by Gasteiger charge is -2.29. The molecule has 4 rings (SSSR count). The van der Waals surface area contributed by atoms with Gasteiger partial charge in [0, 0.05) is 55.9 Å². The molecule has 2 aliphatic rings. The monoisotopic (exact) mass is 445 g/mol. The van der Waals surface area contributed by atoms with E-state index in [9.17, 15) is 9.59 Å². The standard InChI is InChI=1S/C23H28ClN3O4/c24-18-7-4-6-17(14-18)21-15-20(25-31-21)23(29)27(16-19-8-5-13-30-19)12-9-22(28)26-10-2-1-3-11-26/h4,6-7,14-15,19H,1-3,5,8-13,16H2/t19-/m0/s1. The van der Waals surface area contributed by atoms with Gasteiger partial charge in [0.05, 0.1) is 6.10 Å². The lowest BCUT2D eigenvalue weighted by molar-refractivity contribution is -0.132. The maximum absolute atomic E-state index is 13.2. The van der Waals surface area contributed by atoms with Crippen molar-refractivity contribution >= 4 is 23.4 Å². The van der Waals surface area contributed by atoms with Gasteiger partial charge in [0.25, 0.3) is 5.91 Å². The second kappa shape index (κ2) is 10.3. The molecule has 8 heteroatoms. The molecule has 166 valence electrons. The van der Waals surface area contributed by atoms with Gasteiger partial charge in [0.2, 0.25) is 5.91 Å². The van der Waals surface area contributed by atoms with Crippen LogP contribution in [0, 0.1) is 0 Å². The fourth-order valence-corrected chi connectivity index (χ4v) is 4.35. The lowest BCUT2D eigenvalue weighted by atomic mass is 10.1. The van der Waals surface area contributed by atoms with Crippen molar-refractivity contribution in [3.05, 3.63) is 41.0 Å². The predicted octanol–water partition coefficient (Wildman–Crippen LogP) is 4.02. The minimum absolute atomic E-state index is 0.00617. The van der Waals surface area contributed by atoms with Crippen LogP contribution in [0.25, 0.3) is 11.3 Å². The van der Waals surface area contributed by atoms with E-state index in [2.05, 4.69) is 5.16 Å². The Hall–Kier alpha value is -2.38. The third kappa shape index (κ3) is 5.66. The highest BCUT2D eigenvalue weighted by molar-refractivity contribution is 6.30. The van der Waals surface area contributed by atoms with Crippen molar-refractivity contribution in [3.8, 4) is 11.3 Å². The van der Waals surface area contributed by atoms with Gasteiger partial charge in [-0.1, -0.05) is 28.9 Å². The van der Waals surface area contributed by atoms with Gasteiger partial charge in [0.15, 0.2) is 11.5 Å². The Morgan fingerprint density at radius 1 is 1.16 bits per heavy atom. The number of aromatic nitrogens is 1. The third-order valence-electron chi connectivity index (χ3n) is 5.88. The zero-order valence-corrected chi connectivity index (χ0v) is 18.4. The summed E-state index contributed by atoms with van der Waals surface area (Å²) in [5.74, 6) is 0.330. The molecular formula is C23H28ClN3O4. The number of carbonyl (C=O) groups is 2. The van der Waals surface area contributed by atoms with Crippen LogP contribution in [0.4, 0.5) is 0 Å². The van der Waals surface area contributed by atoms with Crippen molar-refractivity contribution in [2.75, 3.05) is 32.8 Å². The minimum Gasteiger partial charge on any atom is -0.376 e. The first kappa shape index (κ1) is 21.8. The molecule has 2 aromatic rings. The Kier molecular flexibility index (Phi) is 7.25. The van der Waals surface area contributed by atoms with Gasteiger partial charge in [-0.15, -0.1) is 0 Å². The zero-order valence-electron chi connectivity index (χ0n) is 17.6. The predicted molar refractivity (Wildman–Crippen MR) is 117 cm³/mol. The summed E-state index contributed by atoms with van der Waals surface area (Å²) in [5.41, 5.74) is 0.975. The molecule has 1 atom stereocenters. The Labute approximate surface area is 187 Å². The molecule has 0 radical (unpaired) electrons. The number of carbonyl (C=O) groups excluding carboxylic acids is 2. The summed E-state index contributed by atoms with van der Waals surface area (Å²) in [6.45, 7) is 3.12. The Morgan fingerprint density at radius 3 is 2.74 bits per heavy atom. The normalized spacial score (nSPS) is 18.9. The van der Waals surface area contributed by atoms with Crippen molar-refractivity contribution in [3.63, 3.8) is 0 Å². The summed E-state index contributed by atoms with van der Waals surface area (Å²) >= 11 is 6.06. The summed E-state index contributed by atoms with van der Waals surface area (Å²) < 4.78 is 11.1. The first-order valence-corrected chi connectivity index (χ1v) is 11.4. The van der Waals surface area contributed by atoms with E-state index in [1.807, 2.05) is 17.0 Å². The van der Waals surface area contributed by atoms with Crippen LogP contribution in [0.5, 0.6) is 0 Å². The number of likely N-dealkylation sites (tertiary alicyclic amines) is 1. The minimum atomic E-state index is -0.251. The Bertz CT molecular complexity index is 904. The van der Waals surface area contributed by atoms with Crippen molar-refractivity contribution in [1.82, 2.24) is 15.0 Å². The number of nitrogens with zero attached hydrogens (tertiary/aromatic N) is 3. The number of halogens is 1. The summed E-state index contributed by atoms with van der Waals surface area (Å²) in [6.07, 6.45) is 5.48. The molecule has 31 heavy (non-hydrogen) atoms. The molecule has 0 spiro atoms. The third-order valence-corrected chi connectivity index (χ3v) is 6.11. The van der Waals surface area contributed by atoms with E-state index in [0.717, 1.165) is 44.3 Å². The second-order valence-corrected chi connectivity index (χ2v) is 8.60. The maximum Gasteiger partial charge on any atom is 0.276 e. The van der Waals surface area contributed by atoms with Crippen LogP contribution >= 0.6 is 11.6 Å². The molecule has 0 bridgehead atoms. The lowest BCUT2D eigenvalue weighted by Crippen LogP contribution is -2.42. The molecule has 2 aliphatic heterocycles. The summed E-state index contributed by atoms with van der Waals surface area (Å²) in [7, 11) is 0. The smallest absolute Gasteiger partial charge is 0.276 e. The van der Waals surface area contributed by atoms with Gasteiger partial charge >= 0.3 is 0 Å². The van der Waals surface area contributed by atoms with Crippen molar-refractivity contribution in [2.45, 2.75) is 44.6 Å². The topological polar surface area (TPSA) is 75.9 Å². The summed E-state index contributed by atoms with van der Waals surface area (Å²) in [6, 6.07) is 8.83. The molecule has 3 heterocycles. The van der Waals surface area contributed by atoms with Crippen LogP contribution in [-0.2, 0) is 9.53 Å². The highest BCUT2D eigenvalue weighted by Gasteiger charge is 2.27.